The van der Waals surface area contributed by atoms with E-state index in [1.807, 2.05) is 0 Å². The molecule has 0 saturated carbocycles. The van der Waals surface area contributed by atoms with Crippen molar-refractivity contribution in [3.8, 4) is 0 Å². The average Bonchev–Trinajstić information content (AvgIpc) is 2.34. The maximum atomic E-state index is 3.76. The fourth-order valence-electron chi connectivity index (χ4n) is 0.472. The molecule has 0 aliphatic rings. The van der Waals surface area contributed by atoms with Crippen molar-refractivity contribution in [2.75, 3.05) is 6.54 Å². The standard InChI is InChI=1S/C3H8N5P/c9-4-2-1-3-5-7-8-6-3/h4H,1-2,9H2,(H,5,6,7,8). The molecule has 0 fully saturated rings. The summed E-state index contributed by atoms with van der Waals surface area (Å²) in [5.41, 5.74) is 0. The van der Waals surface area contributed by atoms with Gasteiger partial charge in [-0.3, -0.25) is 0 Å². The predicted octanol–water partition coefficient (Wildman–Crippen LogP) is -0.878. The minimum Gasteiger partial charge on any atom is -0.300 e. The molecule has 1 aromatic rings. The minimum atomic E-state index is 0.741. The van der Waals surface area contributed by atoms with Gasteiger partial charge in [-0.15, -0.1) is 10.2 Å². The van der Waals surface area contributed by atoms with E-state index in [9.17, 15) is 0 Å². The summed E-state index contributed by atoms with van der Waals surface area (Å²) >= 11 is 0. The molecular formula is C3H8N5P. The molecule has 1 aromatic heterocycles. The molecule has 0 spiro atoms. The molecular weight excluding hydrogens is 137 g/mol. The topological polar surface area (TPSA) is 66.5 Å². The molecule has 0 amide bonds. The van der Waals surface area contributed by atoms with Crippen LogP contribution < -0.4 is 5.09 Å². The highest BCUT2D eigenvalue weighted by Gasteiger charge is 1.93. The van der Waals surface area contributed by atoms with Crippen molar-refractivity contribution in [1.82, 2.24) is 25.7 Å². The summed E-state index contributed by atoms with van der Waals surface area (Å²) in [6.07, 6.45) is 0.806. The zero-order valence-electron chi connectivity index (χ0n) is 4.83. The largest absolute Gasteiger partial charge is 0.300 e. The highest BCUT2D eigenvalue weighted by Crippen LogP contribution is 1.83. The molecule has 0 aliphatic heterocycles. The van der Waals surface area contributed by atoms with Crippen LogP contribution >= 0.6 is 9.39 Å². The van der Waals surface area contributed by atoms with Crippen LogP contribution in [0.3, 0.4) is 0 Å². The lowest BCUT2D eigenvalue weighted by molar-refractivity contribution is 0.839. The second kappa shape index (κ2) is 3.48. The zero-order chi connectivity index (χ0) is 6.53. The Morgan fingerprint density at radius 2 is 2.56 bits per heavy atom. The summed E-state index contributed by atoms with van der Waals surface area (Å²) < 4.78 is 0. The van der Waals surface area contributed by atoms with Gasteiger partial charge < -0.3 is 5.09 Å². The van der Waals surface area contributed by atoms with E-state index in [-0.39, 0.29) is 0 Å². The Balaban J connectivity index is 2.30. The number of rotatable bonds is 3. The molecule has 0 aromatic carbocycles. The van der Waals surface area contributed by atoms with Gasteiger partial charge in [0.05, 0.1) is 0 Å². The van der Waals surface area contributed by atoms with E-state index in [2.05, 4.69) is 35.1 Å². The predicted molar refractivity (Wildman–Crippen MR) is 35.6 cm³/mol. The maximum absolute atomic E-state index is 3.76. The van der Waals surface area contributed by atoms with Crippen LogP contribution in [-0.4, -0.2) is 27.2 Å². The van der Waals surface area contributed by atoms with Crippen LogP contribution in [0.5, 0.6) is 0 Å². The van der Waals surface area contributed by atoms with Crippen molar-refractivity contribution < 1.29 is 0 Å². The Kier molecular flexibility index (Phi) is 2.54. The third-order valence-electron chi connectivity index (χ3n) is 0.882. The van der Waals surface area contributed by atoms with Gasteiger partial charge in [-0.1, -0.05) is 14.6 Å². The first-order valence-electron chi connectivity index (χ1n) is 2.59. The Hall–Kier alpha value is -0.540. The van der Waals surface area contributed by atoms with E-state index < -0.39 is 0 Å². The third kappa shape index (κ3) is 2.03. The van der Waals surface area contributed by atoms with Gasteiger partial charge in [-0.2, -0.15) is 5.21 Å². The second-order valence-electron chi connectivity index (χ2n) is 1.53. The SMILES string of the molecule is PNCCc1nn[nH]n1. The molecule has 5 nitrogen and oxygen atoms in total. The first-order chi connectivity index (χ1) is 4.43. The second-order valence-corrected chi connectivity index (χ2v) is 1.94. The van der Waals surface area contributed by atoms with Crippen molar-refractivity contribution in [3.05, 3.63) is 5.82 Å². The van der Waals surface area contributed by atoms with Crippen LogP contribution in [0.2, 0.25) is 0 Å². The van der Waals surface area contributed by atoms with Crippen molar-refractivity contribution in [1.29, 1.82) is 0 Å². The molecule has 9 heavy (non-hydrogen) atoms. The number of nitrogens with one attached hydrogen (secondary N) is 2. The number of aromatic nitrogens is 4. The van der Waals surface area contributed by atoms with Gasteiger partial charge in [0, 0.05) is 13.0 Å². The van der Waals surface area contributed by atoms with Crippen LogP contribution in [0, 0.1) is 0 Å². The van der Waals surface area contributed by atoms with Gasteiger partial charge in [-0.05, 0) is 0 Å². The van der Waals surface area contributed by atoms with E-state index in [4.69, 9.17) is 0 Å². The lowest BCUT2D eigenvalue weighted by atomic mass is 10.4. The monoisotopic (exact) mass is 145 g/mol. The minimum absolute atomic E-state index is 0.741. The quantitative estimate of drug-likeness (QED) is 0.542. The molecule has 1 unspecified atom stereocenters. The molecule has 0 saturated heterocycles. The summed E-state index contributed by atoms with van der Waals surface area (Å²) in [6, 6.07) is 0. The molecule has 1 heterocycles. The van der Waals surface area contributed by atoms with Gasteiger partial charge in [-0.25, -0.2) is 0 Å². The third-order valence-corrected chi connectivity index (χ3v) is 1.17. The Morgan fingerprint density at radius 1 is 1.67 bits per heavy atom. The van der Waals surface area contributed by atoms with E-state index >= 15 is 0 Å². The molecule has 0 aliphatic carbocycles. The fraction of sp³-hybridized carbons (Fsp3) is 0.667. The average molecular weight is 145 g/mol. The lowest BCUT2D eigenvalue weighted by Gasteiger charge is -1.89. The molecule has 50 valence electrons. The van der Waals surface area contributed by atoms with Crippen molar-refractivity contribution in [3.63, 3.8) is 0 Å². The van der Waals surface area contributed by atoms with Gasteiger partial charge >= 0.3 is 0 Å². The molecule has 2 N–H and O–H groups in total. The van der Waals surface area contributed by atoms with E-state index in [0.717, 1.165) is 18.8 Å². The Morgan fingerprint density at radius 3 is 3.11 bits per heavy atom. The molecule has 0 bridgehead atoms. The number of H-pyrrole nitrogens is 1. The van der Waals surface area contributed by atoms with Gasteiger partial charge in [0.1, 0.15) is 0 Å². The number of nitrogens with zero attached hydrogens (tertiary/aromatic N) is 3. The molecule has 1 rings (SSSR count). The number of tetrazole rings is 1. The van der Waals surface area contributed by atoms with E-state index in [1.54, 1.807) is 0 Å². The van der Waals surface area contributed by atoms with Crippen LogP contribution in [0.1, 0.15) is 5.82 Å². The van der Waals surface area contributed by atoms with Crippen molar-refractivity contribution in [2.45, 2.75) is 6.42 Å². The van der Waals surface area contributed by atoms with Crippen molar-refractivity contribution >= 4 is 9.39 Å². The van der Waals surface area contributed by atoms with E-state index in [0.29, 0.717) is 0 Å². The number of hydrogen-bond acceptors (Lipinski definition) is 4. The first kappa shape index (κ1) is 6.58. The summed E-state index contributed by atoms with van der Waals surface area (Å²) in [7, 11) is 2.41. The Labute approximate surface area is 54.9 Å². The summed E-state index contributed by atoms with van der Waals surface area (Å²) in [4.78, 5) is 0. The van der Waals surface area contributed by atoms with E-state index in [1.165, 1.54) is 0 Å². The summed E-state index contributed by atoms with van der Waals surface area (Å²) in [5, 5.41) is 16.2. The zero-order valence-corrected chi connectivity index (χ0v) is 5.99. The highest BCUT2D eigenvalue weighted by molar-refractivity contribution is 7.13. The molecule has 0 radical (unpaired) electrons. The van der Waals surface area contributed by atoms with Crippen molar-refractivity contribution in [2.24, 2.45) is 0 Å². The summed E-state index contributed by atoms with van der Waals surface area (Å²) in [6.45, 7) is 0.851. The normalized spacial score (nSPS) is 9.89. The van der Waals surface area contributed by atoms with Gasteiger partial charge in [0.25, 0.3) is 0 Å². The first-order valence-corrected chi connectivity index (χ1v) is 3.17. The van der Waals surface area contributed by atoms with Gasteiger partial charge in [0.2, 0.25) is 0 Å². The highest BCUT2D eigenvalue weighted by atomic mass is 31.0. The van der Waals surface area contributed by atoms with Crippen LogP contribution in [0.4, 0.5) is 0 Å². The lowest BCUT2D eigenvalue weighted by Crippen LogP contribution is -2.04. The molecule has 6 heteroatoms. The van der Waals surface area contributed by atoms with Crippen LogP contribution in [-0.2, 0) is 6.42 Å². The molecule has 1 atom stereocenters. The van der Waals surface area contributed by atoms with Crippen LogP contribution in [0.25, 0.3) is 0 Å². The van der Waals surface area contributed by atoms with Crippen LogP contribution in [0.15, 0.2) is 0 Å². The smallest absolute Gasteiger partial charge is 0.175 e. The number of aromatic amines is 1. The Bertz CT molecular complexity index is 149. The summed E-state index contributed by atoms with van der Waals surface area (Å²) in [5.74, 6) is 0.741. The maximum Gasteiger partial charge on any atom is 0.175 e. The fourth-order valence-corrected chi connectivity index (χ4v) is 0.617. The number of hydrogen-bond donors (Lipinski definition) is 2. The van der Waals surface area contributed by atoms with Gasteiger partial charge in [0.15, 0.2) is 5.82 Å².